The quantitative estimate of drug-likeness (QED) is 0.901. The molecule has 20 heavy (non-hydrogen) atoms. The van der Waals surface area contributed by atoms with Gasteiger partial charge in [0.15, 0.2) is 0 Å². The molecule has 1 heterocycles. The van der Waals surface area contributed by atoms with E-state index in [1.54, 1.807) is 19.2 Å². The second kappa shape index (κ2) is 7.16. The number of nitrogens with zero attached hydrogens (tertiary/aromatic N) is 1. The van der Waals surface area contributed by atoms with Gasteiger partial charge in [0.25, 0.3) is 0 Å². The lowest BCUT2D eigenvalue weighted by atomic mass is 9.95. The first-order valence-electron chi connectivity index (χ1n) is 7.37. The molecule has 1 aliphatic rings. The van der Waals surface area contributed by atoms with E-state index in [1.165, 1.54) is 6.07 Å². The van der Waals surface area contributed by atoms with Gasteiger partial charge >= 0.3 is 0 Å². The molecule has 2 rings (SSSR count). The molecular formula is C16H25FN2O. The summed E-state index contributed by atoms with van der Waals surface area (Å²) in [5, 5.41) is 0. The number of hydrogen-bond donors (Lipinski definition) is 1. The van der Waals surface area contributed by atoms with Gasteiger partial charge in [0.1, 0.15) is 5.82 Å². The van der Waals surface area contributed by atoms with Crippen LogP contribution in [0.1, 0.15) is 31.4 Å². The molecule has 1 fully saturated rings. The molecule has 3 atom stereocenters. The van der Waals surface area contributed by atoms with E-state index in [4.69, 9.17) is 10.5 Å². The summed E-state index contributed by atoms with van der Waals surface area (Å²) in [5.74, 6) is 0.401. The van der Waals surface area contributed by atoms with Gasteiger partial charge in [0.05, 0.1) is 6.10 Å². The van der Waals surface area contributed by atoms with Gasteiger partial charge in [-0.2, -0.15) is 0 Å². The molecule has 0 bridgehead atoms. The number of rotatable bonds is 5. The summed E-state index contributed by atoms with van der Waals surface area (Å²) in [6, 6.07) is 6.54. The molecule has 3 unspecified atom stereocenters. The Kier molecular flexibility index (Phi) is 5.52. The smallest absolute Gasteiger partial charge is 0.127 e. The van der Waals surface area contributed by atoms with Crippen LogP contribution in [0.2, 0.25) is 0 Å². The Morgan fingerprint density at radius 2 is 2.20 bits per heavy atom. The Morgan fingerprint density at radius 3 is 2.90 bits per heavy atom. The minimum Gasteiger partial charge on any atom is -0.380 e. The topological polar surface area (TPSA) is 38.5 Å². The van der Waals surface area contributed by atoms with Crippen molar-refractivity contribution in [2.45, 2.75) is 31.9 Å². The van der Waals surface area contributed by atoms with Gasteiger partial charge in [0.2, 0.25) is 0 Å². The standard InChI is InChI=1S/C16H25FN2O/c1-12-7-9-19(11-16(12)20-2)10-8-15(18)13-5-3-4-6-14(13)17/h3-6,12,15-16H,7-11,18H2,1-2H3. The fourth-order valence-electron chi connectivity index (χ4n) is 2.86. The van der Waals surface area contributed by atoms with E-state index in [0.717, 1.165) is 32.5 Å². The Labute approximate surface area is 120 Å². The Balaban J connectivity index is 1.85. The molecule has 1 aliphatic heterocycles. The van der Waals surface area contributed by atoms with Crippen LogP contribution in [0.15, 0.2) is 24.3 Å². The van der Waals surface area contributed by atoms with Crippen LogP contribution in [0, 0.1) is 11.7 Å². The number of hydrogen-bond acceptors (Lipinski definition) is 3. The normalized spacial score (nSPS) is 25.6. The van der Waals surface area contributed by atoms with Gasteiger partial charge in [-0.3, -0.25) is 0 Å². The van der Waals surface area contributed by atoms with E-state index >= 15 is 0 Å². The molecule has 1 aromatic rings. The van der Waals surface area contributed by atoms with Gasteiger partial charge in [-0.15, -0.1) is 0 Å². The van der Waals surface area contributed by atoms with Crippen molar-refractivity contribution in [2.75, 3.05) is 26.7 Å². The SMILES string of the molecule is COC1CN(CCC(N)c2ccccc2F)CCC1C. The summed E-state index contributed by atoms with van der Waals surface area (Å²) in [6.45, 7) is 5.14. The van der Waals surface area contributed by atoms with Crippen molar-refractivity contribution in [3.05, 3.63) is 35.6 Å². The summed E-state index contributed by atoms with van der Waals surface area (Å²) >= 11 is 0. The zero-order chi connectivity index (χ0) is 14.5. The first-order valence-corrected chi connectivity index (χ1v) is 7.37. The van der Waals surface area contributed by atoms with Crippen molar-refractivity contribution in [1.82, 2.24) is 4.90 Å². The molecule has 0 spiro atoms. The van der Waals surface area contributed by atoms with Crippen molar-refractivity contribution >= 4 is 0 Å². The van der Waals surface area contributed by atoms with Gasteiger partial charge in [0, 0.05) is 31.8 Å². The minimum atomic E-state index is -0.239. The molecular weight excluding hydrogens is 255 g/mol. The number of halogens is 1. The molecule has 0 aromatic heterocycles. The van der Waals surface area contributed by atoms with Crippen LogP contribution in [0.3, 0.4) is 0 Å². The number of methoxy groups -OCH3 is 1. The number of ether oxygens (including phenoxy) is 1. The summed E-state index contributed by atoms with van der Waals surface area (Å²) in [6.07, 6.45) is 2.22. The Hall–Kier alpha value is -0.970. The average Bonchev–Trinajstić information content (AvgIpc) is 2.46. The van der Waals surface area contributed by atoms with Crippen LogP contribution in [0.4, 0.5) is 4.39 Å². The molecule has 2 N–H and O–H groups in total. The summed E-state index contributed by atoms with van der Waals surface area (Å²) in [4.78, 5) is 2.37. The van der Waals surface area contributed by atoms with E-state index in [9.17, 15) is 4.39 Å². The summed E-state index contributed by atoms with van der Waals surface area (Å²) in [5.41, 5.74) is 6.72. The largest absolute Gasteiger partial charge is 0.380 e. The Morgan fingerprint density at radius 1 is 1.45 bits per heavy atom. The van der Waals surface area contributed by atoms with E-state index < -0.39 is 0 Å². The monoisotopic (exact) mass is 280 g/mol. The highest BCUT2D eigenvalue weighted by Gasteiger charge is 2.26. The molecule has 3 nitrogen and oxygen atoms in total. The van der Waals surface area contributed by atoms with Gasteiger partial charge in [-0.05, 0) is 31.4 Å². The predicted octanol–water partition coefficient (Wildman–Crippen LogP) is 2.57. The number of benzene rings is 1. The van der Waals surface area contributed by atoms with E-state index in [-0.39, 0.29) is 11.9 Å². The van der Waals surface area contributed by atoms with E-state index in [2.05, 4.69) is 11.8 Å². The third-order valence-electron chi connectivity index (χ3n) is 4.34. The second-order valence-corrected chi connectivity index (χ2v) is 5.76. The average molecular weight is 280 g/mol. The maximum Gasteiger partial charge on any atom is 0.127 e. The summed E-state index contributed by atoms with van der Waals surface area (Å²) in [7, 11) is 1.77. The van der Waals surface area contributed by atoms with Crippen LogP contribution in [0.5, 0.6) is 0 Å². The third-order valence-corrected chi connectivity index (χ3v) is 4.34. The zero-order valence-corrected chi connectivity index (χ0v) is 12.4. The predicted molar refractivity (Wildman–Crippen MR) is 79.0 cm³/mol. The van der Waals surface area contributed by atoms with Gasteiger partial charge in [-0.25, -0.2) is 4.39 Å². The third kappa shape index (κ3) is 3.78. The van der Waals surface area contributed by atoms with Crippen LogP contribution in [-0.2, 0) is 4.74 Å². The molecule has 0 saturated carbocycles. The highest BCUT2D eigenvalue weighted by molar-refractivity contribution is 5.20. The molecule has 4 heteroatoms. The highest BCUT2D eigenvalue weighted by atomic mass is 19.1. The minimum absolute atomic E-state index is 0.206. The fourth-order valence-corrected chi connectivity index (χ4v) is 2.86. The molecule has 112 valence electrons. The highest BCUT2D eigenvalue weighted by Crippen LogP contribution is 2.22. The van der Waals surface area contributed by atoms with Crippen LogP contribution in [0.25, 0.3) is 0 Å². The first kappa shape index (κ1) is 15.4. The lowest BCUT2D eigenvalue weighted by Gasteiger charge is -2.36. The lowest BCUT2D eigenvalue weighted by Crippen LogP contribution is -2.44. The lowest BCUT2D eigenvalue weighted by molar-refractivity contribution is -0.00557. The van der Waals surface area contributed by atoms with Crippen molar-refractivity contribution in [3.63, 3.8) is 0 Å². The van der Waals surface area contributed by atoms with Crippen LogP contribution < -0.4 is 5.73 Å². The van der Waals surface area contributed by atoms with Crippen LogP contribution in [-0.4, -0.2) is 37.7 Å². The number of nitrogens with two attached hydrogens (primary N) is 1. The summed E-state index contributed by atoms with van der Waals surface area (Å²) < 4.78 is 19.2. The molecule has 0 radical (unpaired) electrons. The number of piperidine rings is 1. The van der Waals surface area contributed by atoms with Crippen molar-refractivity contribution in [3.8, 4) is 0 Å². The van der Waals surface area contributed by atoms with Gasteiger partial charge in [-0.1, -0.05) is 25.1 Å². The fraction of sp³-hybridized carbons (Fsp3) is 0.625. The second-order valence-electron chi connectivity index (χ2n) is 5.76. The van der Waals surface area contributed by atoms with Crippen molar-refractivity contribution in [1.29, 1.82) is 0 Å². The van der Waals surface area contributed by atoms with Gasteiger partial charge < -0.3 is 15.4 Å². The maximum absolute atomic E-state index is 13.7. The Bertz CT molecular complexity index is 427. The molecule has 1 saturated heterocycles. The molecule has 0 amide bonds. The molecule has 1 aromatic carbocycles. The van der Waals surface area contributed by atoms with E-state index in [0.29, 0.717) is 17.6 Å². The first-order chi connectivity index (χ1) is 9.61. The van der Waals surface area contributed by atoms with E-state index in [1.807, 2.05) is 6.07 Å². The van der Waals surface area contributed by atoms with Crippen molar-refractivity contribution < 1.29 is 9.13 Å². The zero-order valence-electron chi connectivity index (χ0n) is 12.4. The number of likely N-dealkylation sites (tertiary alicyclic amines) is 1. The maximum atomic E-state index is 13.7. The van der Waals surface area contributed by atoms with Crippen LogP contribution >= 0.6 is 0 Å². The molecule has 0 aliphatic carbocycles. The van der Waals surface area contributed by atoms with Crippen molar-refractivity contribution in [2.24, 2.45) is 11.7 Å².